The zero-order valence-electron chi connectivity index (χ0n) is 14.3. The van der Waals surface area contributed by atoms with Crippen molar-refractivity contribution in [1.29, 1.82) is 0 Å². The Bertz CT molecular complexity index is 716. The summed E-state index contributed by atoms with van der Waals surface area (Å²) in [5.74, 6) is 0. The Morgan fingerprint density at radius 2 is 1.25 bits per heavy atom. The van der Waals surface area contributed by atoms with E-state index in [1.54, 1.807) is 0 Å². The molecule has 0 radical (unpaired) electrons. The van der Waals surface area contributed by atoms with Crippen LogP contribution in [0, 0.1) is 0 Å². The molecule has 0 aliphatic heterocycles. The van der Waals surface area contributed by atoms with Gasteiger partial charge in [-0.2, -0.15) is 0 Å². The molecular formula is C22H24NP. The fourth-order valence-corrected chi connectivity index (χ4v) is 5.40. The molecule has 0 heterocycles. The highest BCUT2D eigenvalue weighted by molar-refractivity contribution is 7.79. The molecule has 3 aromatic rings. The Morgan fingerprint density at radius 1 is 0.750 bits per heavy atom. The summed E-state index contributed by atoms with van der Waals surface area (Å²) in [6.45, 7) is 2.24. The summed E-state index contributed by atoms with van der Waals surface area (Å²) in [5.41, 5.74) is 1.44. The summed E-state index contributed by atoms with van der Waals surface area (Å²) in [4.78, 5) is 0. The molecule has 0 aliphatic carbocycles. The Labute approximate surface area is 146 Å². The molecule has 0 spiro atoms. The molecule has 0 fully saturated rings. The SMILES string of the molecule is CNC(C)Cc1ccccc1P(c1ccccc1)c1ccccc1. The maximum Gasteiger partial charge on any atom is 0.00763 e. The van der Waals surface area contributed by atoms with Crippen molar-refractivity contribution in [2.75, 3.05) is 7.05 Å². The number of hydrogen-bond donors (Lipinski definition) is 1. The number of hydrogen-bond acceptors (Lipinski definition) is 1. The first-order valence-corrected chi connectivity index (χ1v) is 9.79. The van der Waals surface area contributed by atoms with Crippen LogP contribution < -0.4 is 21.2 Å². The average molecular weight is 333 g/mol. The van der Waals surface area contributed by atoms with Crippen LogP contribution in [-0.4, -0.2) is 13.1 Å². The van der Waals surface area contributed by atoms with Crippen LogP contribution in [0.15, 0.2) is 84.9 Å². The van der Waals surface area contributed by atoms with Crippen molar-refractivity contribution < 1.29 is 0 Å². The summed E-state index contributed by atoms with van der Waals surface area (Å²) in [7, 11) is 1.50. The third-order valence-electron chi connectivity index (χ3n) is 4.28. The van der Waals surface area contributed by atoms with Crippen LogP contribution in [0.5, 0.6) is 0 Å². The first-order chi connectivity index (χ1) is 11.8. The van der Waals surface area contributed by atoms with Gasteiger partial charge in [-0.25, -0.2) is 0 Å². The topological polar surface area (TPSA) is 12.0 Å². The van der Waals surface area contributed by atoms with E-state index >= 15 is 0 Å². The van der Waals surface area contributed by atoms with Gasteiger partial charge in [-0.1, -0.05) is 84.9 Å². The van der Waals surface area contributed by atoms with Gasteiger partial charge >= 0.3 is 0 Å². The molecule has 1 N–H and O–H groups in total. The molecular weight excluding hydrogens is 309 g/mol. The van der Waals surface area contributed by atoms with Gasteiger partial charge in [0.2, 0.25) is 0 Å². The number of benzene rings is 3. The Morgan fingerprint density at radius 3 is 1.79 bits per heavy atom. The van der Waals surface area contributed by atoms with E-state index in [1.807, 2.05) is 7.05 Å². The standard InChI is InChI=1S/C22H24NP/c1-18(23-2)17-19-11-9-10-16-22(19)24(20-12-5-3-6-13-20)21-14-7-4-8-15-21/h3-16,18,23H,17H2,1-2H3. The van der Waals surface area contributed by atoms with Crippen LogP contribution in [-0.2, 0) is 6.42 Å². The molecule has 0 aliphatic rings. The molecule has 2 heteroatoms. The van der Waals surface area contributed by atoms with Crippen molar-refractivity contribution in [2.24, 2.45) is 0 Å². The third kappa shape index (κ3) is 3.93. The Balaban J connectivity index is 2.10. The number of likely N-dealkylation sites (N-methyl/N-ethyl adjacent to an activating group) is 1. The highest BCUT2D eigenvalue weighted by atomic mass is 31.1. The van der Waals surface area contributed by atoms with Gasteiger partial charge in [-0.05, 0) is 49.8 Å². The van der Waals surface area contributed by atoms with Gasteiger partial charge in [0.15, 0.2) is 0 Å². The lowest BCUT2D eigenvalue weighted by Crippen LogP contribution is -2.28. The quantitative estimate of drug-likeness (QED) is 0.680. The summed E-state index contributed by atoms with van der Waals surface area (Å²) < 4.78 is 0. The second-order valence-electron chi connectivity index (χ2n) is 6.03. The molecule has 0 bridgehead atoms. The minimum atomic E-state index is -0.530. The number of nitrogens with one attached hydrogen (secondary N) is 1. The molecule has 0 saturated heterocycles. The lowest BCUT2D eigenvalue weighted by molar-refractivity contribution is 0.610. The summed E-state index contributed by atoms with van der Waals surface area (Å²) in [6.07, 6.45) is 1.05. The van der Waals surface area contributed by atoms with Crippen LogP contribution in [0.1, 0.15) is 12.5 Å². The highest BCUT2D eigenvalue weighted by Crippen LogP contribution is 2.34. The molecule has 1 atom stereocenters. The second-order valence-corrected chi connectivity index (χ2v) is 8.21. The fourth-order valence-electron chi connectivity index (χ4n) is 2.91. The first kappa shape index (κ1) is 16.9. The second kappa shape index (κ2) is 8.24. The van der Waals surface area contributed by atoms with E-state index in [1.165, 1.54) is 21.5 Å². The zero-order chi connectivity index (χ0) is 16.8. The average Bonchev–Trinajstić information content (AvgIpc) is 2.65. The molecule has 0 amide bonds. The summed E-state index contributed by atoms with van der Waals surface area (Å²) in [5, 5.41) is 7.64. The lowest BCUT2D eigenvalue weighted by Gasteiger charge is -2.23. The van der Waals surface area contributed by atoms with Crippen molar-refractivity contribution in [2.45, 2.75) is 19.4 Å². The van der Waals surface area contributed by atoms with Crippen LogP contribution in [0.2, 0.25) is 0 Å². The van der Waals surface area contributed by atoms with E-state index in [4.69, 9.17) is 0 Å². The smallest absolute Gasteiger partial charge is 0.00763 e. The lowest BCUT2D eigenvalue weighted by atomic mass is 10.1. The monoisotopic (exact) mass is 333 g/mol. The largest absolute Gasteiger partial charge is 0.317 e. The molecule has 122 valence electrons. The van der Waals surface area contributed by atoms with Gasteiger partial charge in [-0.3, -0.25) is 0 Å². The van der Waals surface area contributed by atoms with E-state index in [9.17, 15) is 0 Å². The van der Waals surface area contributed by atoms with Gasteiger partial charge in [0, 0.05) is 6.04 Å². The number of rotatable bonds is 6. The predicted octanol–water partition coefficient (Wildman–Crippen LogP) is 3.60. The Kier molecular flexibility index (Phi) is 5.80. The predicted molar refractivity (Wildman–Crippen MR) is 107 cm³/mol. The summed E-state index contributed by atoms with van der Waals surface area (Å²) >= 11 is 0. The van der Waals surface area contributed by atoms with Gasteiger partial charge < -0.3 is 5.32 Å². The maximum atomic E-state index is 3.37. The van der Waals surface area contributed by atoms with Gasteiger partial charge in [0.05, 0.1) is 0 Å². The van der Waals surface area contributed by atoms with E-state index < -0.39 is 7.92 Å². The zero-order valence-corrected chi connectivity index (χ0v) is 15.2. The van der Waals surface area contributed by atoms with E-state index in [0.29, 0.717) is 6.04 Å². The minimum absolute atomic E-state index is 0.467. The summed E-state index contributed by atoms with van der Waals surface area (Å²) in [6, 6.07) is 31.2. The highest BCUT2D eigenvalue weighted by Gasteiger charge is 2.19. The third-order valence-corrected chi connectivity index (χ3v) is 6.83. The minimum Gasteiger partial charge on any atom is -0.317 e. The van der Waals surface area contributed by atoms with Crippen LogP contribution in [0.25, 0.3) is 0 Å². The molecule has 1 nitrogen and oxygen atoms in total. The van der Waals surface area contributed by atoms with Crippen molar-refractivity contribution in [1.82, 2.24) is 5.32 Å². The first-order valence-electron chi connectivity index (χ1n) is 8.45. The van der Waals surface area contributed by atoms with Crippen molar-refractivity contribution >= 4 is 23.8 Å². The normalized spacial score (nSPS) is 12.3. The fraction of sp³-hybridized carbons (Fsp3) is 0.182. The molecule has 1 unspecified atom stereocenters. The molecule has 0 saturated carbocycles. The molecule has 3 rings (SSSR count). The molecule has 0 aromatic heterocycles. The molecule has 3 aromatic carbocycles. The van der Waals surface area contributed by atoms with Crippen LogP contribution in [0.3, 0.4) is 0 Å². The van der Waals surface area contributed by atoms with Crippen LogP contribution in [0.4, 0.5) is 0 Å². The van der Waals surface area contributed by atoms with E-state index in [0.717, 1.165) is 6.42 Å². The van der Waals surface area contributed by atoms with Gasteiger partial charge in [0.1, 0.15) is 0 Å². The van der Waals surface area contributed by atoms with Crippen molar-refractivity contribution in [3.05, 3.63) is 90.5 Å². The molecule has 24 heavy (non-hydrogen) atoms. The van der Waals surface area contributed by atoms with E-state index in [2.05, 4.69) is 97.2 Å². The maximum absolute atomic E-state index is 3.37. The van der Waals surface area contributed by atoms with Crippen molar-refractivity contribution in [3.63, 3.8) is 0 Å². The van der Waals surface area contributed by atoms with Gasteiger partial charge in [0.25, 0.3) is 0 Å². The van der Waals surface area contributed by atoms with Crippen LogP contribution >= 0.6 is 7.92 Å². The van der Waals surface area contributed by atoms with Crippen molar-refractivity contribution in [3.8, 4) is 0 Å². The van der Waals surface area contributed by atoms with Gasteiger partial charge in [-0.15, -0.1) is 0 Å². The Hall–Kier alpha value is -1.95. The van der Waals surface area contributed by atoms with E-state index in [-0.39, 0.29) is 0 Å².